The summed E-state index contributed by atoms with van der Waals surface area (Å²) in [4.78, 5) is 0.197. The normalized spacial score (nSPS) is 22.1. The first kappa shape index (κ1) is 12.4. The zero-order valence-corrected chi connectivity index (χ0v) is 12.3. The summed E-state index contributed by atoms with van der Waals surface area (Å²) < 4.78 is 12.1. The largest absolute Gasteiger partial charge is 0.496 e. The Labute approximate surface area is 113 Å². The van der Waals surface area contributed by atoms with E-state index in [2.05, 4.69) is 37.9 Å². The van der Waals surface area contributed by atoms with Crippen LogP contribution < -0.4 is 4.74 Å². The van der Waals surface area contributed by atoms with Gasteiger partial charge in [0.1, 0.15) is 5.75 Å². The molecular formula is C12H14Br2O2. The molecule has 1 saturated heterocycles. The number of hydrogen-bond acceptors (Lipinski definition) is 2. The molecule has 0 amide bonds. The first-order valence-corrected chi connectivity index (χ1v) is 7.02. The molecule has 4 heteroatoms. The van der Waals surface area contributed by atoms with E-state index in [4.69, 9.17) is 9.47 Å². The minimum Gasteiger partial charge on any atom is -0.496 e. The minimum absolute atomic E-state index is 0.197. The van der Waals surface area contributed by atoms with Crippen molar-refractivity contribution in [2.75, 3.05) is 13.7 Å². The van der Waals surface area contributed by atoms with Gasteiger partial charge in [-0.3, -0.25) is 0 Å². The highest BCUT2D eigenvalue weighted by molar-refractivity contribution is 9.10. The molecule has 0 aromatic heterocycles. The third kappa shape index (κ3) is 2.60. The van der Waals surface area contributed by atoms with E-state index in [0.29, 0.717) is 0 Å². The van der Waals surface area contributed by atoms with Gasteiger partial charge in [0.15, 0.2) is 0 Å². The molecule has 1 fully saturated rings. The SMILES string of the molecule is COc1ccc(Br)cc1C(Br)C1CCCO1. The number of methoxy groups -OCH3 is 1. The number of rotatable bonds is 3. The first-order chi connectivity index (χ1) is 7.72. The number of benzene rings is 1. The van der Waals surface area contributed by atoms with Crippen molar-refractivity contribution in [1.82, 2.24) is 0 Å². The van der Waals surface area contributed by atoms with Crippen LogP contribution in [0.1, 0.15) is 23.2 Å². The van der Waals surface area contributed by atoms with Crippen LogP contribution in [-0.4, -0.2) is 19.8 Å². The van der Waals surface area contributed by atoms with Crippen LogP contribution in [0, 0.1) is 0 Å². The zero-order chi connectivity index (χ0) is 11.5. The van der Waals surface area contributed by atoms with Gasteiger partial charge in [0.25, 0.3) is 0 Å². The summed E-state index contributed by atoms with van der Waals surface area (Å²) in [6.45, 7) is 0.864. The van der Waals surface area contributed by atoms with Crippen molar-refractivity contribution in [3.8, 4) is 5.75 Å². The highest BCUT2D eigenvalue weighted by Crippen LogP contribution is 2.39. The molecule has 2 atom stereocenters. The topological polar surface area (TPSA) is 18.5 Å². The third-order valence-electron chi connectivity index (χ3n) is 2.78. The standard InChI is InChI=1S/C12H14Br2O2/c1-15-10-5-4-8(13)7-9(10)12(14)11-3-2-6-16-11/h4-5,7,11-12H,2-3,6H2,1H3. The lowest BCUT2D eigenvalue weighted by Gasteiger charge is -2.19. The second-order valence-corrected chi connectivity index (χ2v) is 5.74. The first-order valence-electron chi connectivity index (χ1n) is 5.31. The maximum absolute atomic E-state index is 5.69. The average Bonchev–Trinajstić information content (AvgIpc) is 2.81. The summed E-state index contributed by atoms with van der Waals surface area (Å²) in [6.07, 6.45) is 2.50. The summed E-state index contributed by atoms with van der Waals surface area (Å²) in [5.74, 6) is 0.903. The van der Waals surface area contributed by atoms with Crippen LogP contribution in [0.4, 0.5) is 0 Å². The second-order valence-electron chi connectivity index (χ2n) is 3.84. The van der Waals surface area contributed by atoms with Gasteiger partial charge in [-0.25, -0.2) is 0 Å². The zero-order valence-electron chi connectivity index (χ0n) is 9.08. The molecule has 0 radical (unpaired) electrons. The van der Waals surface area contributed by atoms with Gasteiger partial charge in [-0.15, -0.1) is 0 Å². The van der Waals surface area contributed by atoms with Crippen LogP contribution in [0.3, 0.4) is 0 Å². The van der Waals surface area contributed by atoms with Crippen LogP contribution in [0.15, 0.2) is 22.7 Å². The summed E-state index contributed by atoms with van der Waals surface area (Å²) in [5.41, 5.74) is 1.14. The van der Waals surface area contributed by atoms with Gasteiger partial charge >= 0.3 is 0 Å². The molecule has 0 bridgehead atoms. The van der Waals surface area contributed by atoms with Crippen molar-refractivity contribution in [3.05, 3.63) is 28.2 Å². The van der Waals surface area contributed by atoms with E-state index in [-0.39, 0.29) is 10.9 Å². The predicted octanol–water partition coefficient (Wildman–Crippen LogP) is 4.07. The Balaban J connectivity index is 2.26. The average molecular weight is 350 g/mol. The molecule has 0 spiro atoms. The molecule has 1 heterocycles. The van der Waals surface area contributed by atoms with Crippen molar-refractivity contribution < 1.29 is 9.47 Å². The molecule has 1 aliphatic heterocycles. The lowest BCUT2D eigenvalue weighted by atomic mass is 10.0. The Morgan fingerprint density at radius 1 is 1.50 bits per heavy atom. The highest BCUT2D eigenvalue weighted by Gasteiger charge is 2.27. The van der Waals surface area contributed by atoms with Gasteiger partial charge in [-0.05, 0) is 31.0 Å². The van der Waals surface area contributed by atoms with E-state index in [1.165, 1.54) is 0 Å². The van der Waals surface area contributed by atoms with Crippen molar-refractivity contribution in [3.63, 3.8) is 0 Å². The third-order valence-corrected chi connectivity index (χ3v) is 4.36. The van der Waals surface area contributed by atoms with Crippen molar-refractivity contribution >= 4 is 31.9 Å². The predicted molar refractivity (Wildman–Crippen MR) is 71.3 cm³/mol. The van der Waals surface area contributed by atoms with Crippen molar-refractivity contribution in [2.24, 2.45) is 0 Å². The van der Waals surface area contributed by atoms with Crippen molar-refractivity contribution in [1.29, 1.82) is 0 Å². The molecule has 0 aliphatic carbocycles. The van der Waals surface area contributed by atoms with Crippen LogP contribution in [-0.2, 0) is 4.74 Å². The Morgan fingerprint density at radius 3 is 2.94 bits per heavy atom. The van der Waals surface area contributed by atoms with Gasteiger partial charge in [0, 0.05) is 16.6 Å². The maximum atomic E-state index is 5.69. The van der Waals surface area contributed by atoms with E-state index in [1.807, 2.05) is 12.1 Å². The van der Waals surface area contributed by atoms with Gasteiger partial charge in [0.05, 0.1) is 18.0 Å². The quantitative estimate of drug-likeness (QED) is 0.766. The second kappa shape index (κ2) is 5.52. The van der Waals surface area contributed by atoms with E-state index in [1.54, 1.807) is 7.11 Å². The van der Waals surface area contributed by atoms with Gasteiger partial charge in [0.2, 0.25) is 0 Å². The molecule has 0 saturated carbocycles. The van der Waals surface area contributed by atoms with E-state index in [0.717, 1.165) is 35.2 Å². The number of alkyl halides is 1. The van der Waals surface area contributed by atoms with E-state index >= 15 is 0 Å². The summed E-state index contributed by atoms with van der Waals surface area (Å²) in [6, 6.07) is 6.04. The molecule has 88 valence electrons. The molecular weight excluding hydrogens is 336 g/mol. The summed E-state index contributed by atoms with van der Waals surface area (Å²) in [5, 5.41) is 0. The van der Waals surface area contributed by atoms with Gasteiger partial charge in [-0.2, -0.15) is 0 Å². The monoisotopic (exact) mass is 348 g/mol. The fourth-order valence-corrected chi connectivity index (χ4v) is 3.11. The highest BCUT2D eigenvalue weighted by atomic mass is 79.9. The lowest BCUT2D eigenvalue weighted by molar-refractivity contribution is 0.110. The van der Waals surface area contributed by atoms with Gasteiger partial charge in [-0.1, -0.05) is 31.9 Å². The summed E-state index contributed by atoms with van der Waals surface area (Å²) >= 11 is 7.20. The lowest BCUT2D eigenvalue weighted by Crippen LogP contribution is -2.13. The molecule has 16 heavy (non-hydrogen) atoms. The van der Waals surface area contributed by atoms with Crippen LogP contribution >= 0.6 is 31.9 Å². The summed E-state index contributed by atoms with van der Waals surface area (Å²) in [7, 11) is 1.70. The molecule has 2 unspecified atom stereocenters. The Bertz CT molecular complexity index is 362. The van der Waals surface area contributed by atoms with Gasteiger partial charge < -0.3 is 9.47 Å². The molecule has 0 N–H and O–H groups in total. The number of halogens is 2. The number of ether oxygens (including phenoxy) is 2. The molecule has 1 aromatic rings. The van der Waals surface area contributed by atoms with E-state index < -0.39 is 0 Å². The van der Waals surface area contributed by atoms with E-state index in [9.17, 15) is 0 Å². The minimum atomic E-state index is 0.197. The Morgan fingerprint density at radius 2 is 2.31 bits per heavy atom. The maximum Gasteiger partial charge on any atom is 0.123 e. The Kier molecular flexibility index (Phi) is 4.27. The number of hydrogen-bond donors (Lipinski definition) is 0. The fourth-order valence-electron chi connectivity index (χ4n) is 1.95. The van der Waals surface area contributed by atoms with Crippen LogP contribution in [0.5, 0.6) is 5.75 Å². The molecule has 1 aromatic carbocycles. The smallest absolute Gasteiger partial charge is 0.123 e. The van der Waals surface area contributed by atoms with Crippen molar-refractivity contribution in [2.45, 2.75) is 23.8 Å². The fraction of sp³-hybridized carbons (Fsp3) is 0.500. The molecule has 2 nitrogen and oxygen atoms in total. The molecule has 2 rings (SSSR count). The van der Waals surface area contributed by atoms with Crippen LogP contribution in [0.2, 0.25) is 0 Å². The van der Waals surface area contributed by atoms with Crippen LogP contribution in [0.25, 0.3) is 0 Å². The Hall–Kier alpha value is -0.0600. The molecule has 1 aliphatic rings.